The first-order chi connectivity index (χ1) is 9.11. The van der Waals surface area contributed by atoms with Gasteiger partial charge in [-0.1, -0.05) is 36.2 Å². The van der Waals surface area contributed by atoms with Gasteiger partial charge in [0, 0.05) is 17.0 Å². The van der Waals surface area contributed by atoms with Crippen LogP contribution in [0.1, 0.15) is 43.1 Å². The fourth-order valence-electron chi connectivity index (χ4n) is 1.78. The van der Waals surface area contributed by atoms with Gasteiger partial charge in [0.15, 0.2) is 5.82 Å². The minimum absolute atomic E-state index is 0.188. The summed E-state index contributed by atoms with van der Waals surface area (Å²) in [5.74, 6) is 0.384. The van der Waals surface area contributed by atoms with E-state index in [2.05, 4.69) is 10.1 Å². The van der Waals surface area contributed by atoms with Crippen LogP contribution in [0.5, 0.6) is 0 Å². The number of aromatic nitrogens is 2. The second-order valence-electron chi connectivity index (χ2n) is 4.32. The summed E-state index contributed by atoms with van der Waals surface area (Å²) in [6, 6.07) is 4.26. The van der Waals surface area contributed by atoms with Crippen LogP contribution in [0.3, 0.4) is 0 Å². The molecule has 0 aliphatic carbocycles. The van der Waals surface area contributed by atoms with E-state index in [-0.39, 0.29) is 18.3 Å². The minimum atomic E-state index is -0.378. The molecule has 0 saturated heterocycles. The van der Waals surface area contributed by atoms with Gasteiger partial charge in [0.25, 0.3) is 0 Å². The Morgan fingerprint density at radius 1 is 1.47 bits per heavy atom. The van der Waals surface area contributed by atoms with Gasteiger partial charge < -0.3 is 10.3 Å². The number of nitrogens with two attached hydrogens (primary N) is 1. The van der Waals surface area contributed by atoms with Crippen LogP contribution in [-0.4, -0.2) is 10.1 Å². The van der Waals surface area contributed by atoms with Crippen LogP contribution in [0.25, 0.3) is 0 Å². The van der Waals surface area contributed by atoms with Crippen LogP contribution in [0.4, 0.5) is 4.39 Å². The smallest absolute Gasteiger partial charge is 0.243 e. The summed E-state index contributed by atoms with van der Waals surface area (Å²) in [5.41, 5.74) is 6.24. The Kier molecular flexibility index (Phi) is 4.50. The largest absolute Gasteiger partial charge is 0.338 e. The van der Waals surface area contributed by atoms with Gasteiger partial charge in [-0.25, -0.2) is 4.39 Å². The highest BCUT2D eigenvalue weighted by Crippen LogP contribution is 2.22. The van der Waals surface area contributed by atoms with E-state index in [9.17, 15) is 4.39 Å². The van der Waals surface area contributed by atoms with Crippen molar-refractivity contribution in [3.63, 3.8) is 0 Å². The fourth-order valence-corrected chi connectivity index (χ4v) is 2.01. The number of hydrogen-bond acceptors (Lipinski definition) is 4. The van der Waals surface area contributed by atoms with Crippen molar-refractivity contribution < 1.29 is 8.91 Å². The van der Waals surface area contributed by atoms with E-state index >= 15 is 0 Å². The fraction of sp³-hybridized carbons (Fsp3) is 0.385. The van der Waals surface area contributed by atoms with E-state index < -0.39 is 0 Å². The lowest BCUT2D eigenvalue weighted by atomic mass is 10.1. The quantitative estimate of drug-likeness (QED) is 0.915. The van der Waals surface area contributed by atoms with Crippen LogP contribution in [0, 0.1) is 5.82 Å². The van der Waals surface area contributed by atoms with Crippen molar-refractivity contribution in [3.8, 4) is 0 Å². The van der Waals surface area contributed by atoms with Gasteiger partial charge >= 0.3 is 0 Å². The van der Waals surface area contributed by atoms with Gasteiger partial charge in [0.2, 0.25) is 5.89 Å². The molecule has 0 aliphatic rings. The summed E-state index contributed by atoms with van der Waals surface area (Å²) in [6.07, 6.45) is 1.88. The third kappa shape index (κ3) is 3.30. The van der Waals surface area contributed by atoms with Gasteiger partial charge in [-0.3, -0.25) is 0 Å². The molecule has 1 heterocycles. The van der Waals surface area contributed by atoms with Gasteiger partial charge in [-0.05, 0) is 18.6 Å². The second kappa shape index (κ2) is 6.12. The first-order valence-corrected chi connectivity index (χ1v) is 6.50. The first kappa shape index (κ1) is 14.0. The monoisotopic (exact) mass is 283 g/mol. The van der Waals surface area contributed by atoms with Gasteiger partial charge in [-0.2, -0.15) is 4.98 Å². The van der Waals surface area contributed by atoms with Gasteiger partial charge in [0.1, 0.15) is 5.82 Å². The molecule has 1 atom stereocenters. The molecular weight excluding hydrogens is 269 g/mol. The second-order valence-corrected chi connectivity index (χ2v) is 4.73. The maximum absolute atomic E-state index is 13.6. The maximum atomic E-state index is 13.6. The average molecular weight is 284 g/mol. The number of nitrogens with zero attached hydrogens (tertiary/aromatic N) is 2. The van der Waals surface area contributed by atoms with Crippen LogP contribution < -0.4 is 5.73 Å². The summed E-state index contributed by atoms with van der Waals surface area (Å²) in [7, 11) is 0. The van der Waals surface area contributed by atoms with Crippen molar-refractivity contribution in [1.29, 1.82) is 0 Å². The molecule has 0 aliphatic heterocycles. The van der Waals surface area contributed by atoms with Gasteiger partial charge in [-0.15, -0.1) is 0 Å². The lowest BCUT2D eigenvalue weighted by Crippen LogP contribution is -2.10. The van der Waals surface area contributed by atoms with Crippen LogP contribution >= 0.6 is 11.6 Å². The molecule has 1 aromatic carbocycles. The number of rotatable bonds is 5. The Balaban J connectivity index is 2.16. The predicted molar refractivity (Wildman–Crippen MR) is 70.4 cm³/mol. The summed E-state index contributed by atoms with van der Waals surface area (Å²) in [4.78, 5) is 4.18. The zero-order valence-corrected chi connectivity index (χ0v) is 11.3. The lowest BCUT2D eigenvalue weighted by Gasteiger charge is -2.03. The Hall–Kier alpha value is -1.46. The molecule has 102 valence electrons. The molecule has 0 radical (unpaired) electrons. The molecule has 4 nitrogen and oxygen atoms in total. The van der Waals surface area contributed by atoms with Crippen LogP contribution in [0.2, 0.25) is 5.02 Å². The maximum Gasteiger partial charge on any atom is 0.243 e. The molecular formula is C13H15ClFN3O. The Labute approximate surface area is 115 Å². The molecule has 0 fully saturated rings. The van der Waals surface area contributed by atoms with Crippen molar-refractivity contribution >= 4 is 11.6 Å². The number of hydrogen-bond donors (Lipinski definition) is 1. The summed E-state index contributed by atoms with van der Waals surface area (Å²) in [5, 5.41) is 4.16. The van der Waals surface area contributed by atoms with Crippen molar-refractivity contribution in [1.82, 2.24) is 10.1 Å². The van der Waals surface area contributed by atoms with Crippen molar-refractivity contribution in [2.45, 2.75) is 32.2 Å². The van der Waals surface area contributed by atoms with E-state index in [0.29, 0.717) is 22.3 Å². The Bertz CT molecular complexity index is 538. The third-order valence-corrected chi connectivity index (χ3v) is 3.15. The standard InChI is InChI=1S/C13H15ClFN3O/c1-2-4-11(16)13-17-12(18-19-13)7-8-9(14)5-3-6-10(8)15/h3,5-6,11H,2,4,7,16H2,1H3/t11-/m0/s1. The number of halogens is 2. The topological polar surface area (TPSA) is 64.9 Å². The van der Waals surface area contributed by atoms with E-state index in [4.69, 9.17) is 21.9 Å². The van der Waals surface area contributed by atoms with Crippen molar-refractivity contribution in [2.75, 3.05) is 0 Å². The molecule has 2 rings (SSSR count). The molecule has 0 unspecified atom stereocenters. The van der Waals surface area contributed by atoms with Crippen molar-refractivity contribution in [3.05, 3.63) is 46.3 Å². The first-order valence-electron chi connectivity index (χ1n) is 6.12. The Morgan fingerprint density at radius 2 is 2.26 bits per heavy atom. The van der Waals surface area contributed by atoms with E-state index in [1.165, 1.54) is 6.07 Å². The summed E-state index contributed by atoms with van der Waals surface area (Å²) < 4.78 is 18.7. The van der Waals surface area contributed by atoms with E-state index in [0.717, 1.165) is 12.8 Å². The molecule has 2 N–H and O–H groups in total. The van der Waals surface area contributed by atoms with Crippen LogP contribution in [-0.2, 0) is 6.42 Å². The molecule has 0 amide bonds. The normalized spacial score (nSPS) is 12.6. The molecule has 19 heavy (non-hydrogen) atoms. The molecule has 6 heteroatoms. The molecule has 2 aromatic rings. The summed E-state index contributed by atoms with van der Waals surface area (Å²) >= 11 is 5.95. The zero-order chi connectivity index (χ0) is 13.8. The predicted octanol–water partition coefficient (Wildman–Crippen LogP) is 3.25. The van der Waals surface area contributed by atoms with E-state index in [1.807, 2.05) is 6.92 Å². The highest BCUT2D eigenvalue weighted by atomic mass is 35.5. The SMILES string of the molecule is CCC[C@H](N)c1nc(Cc2c(F)cccc2Cl)no1. The lowest BCUT2D eigenvalue weighted by molar-refractivity contribution is 0.344. The minimum Gasteiger partial charge on any atom is -0.338 e. The molecule has 1 aromatic heterocycles. The third-order valence-electron chi connectivity index (χ3n) is 2.80. The van der Waals surface area contributed by atoms with Crippen LogP contribution in [0.15, 0.2) is 22.7 Å². The van der Waals surface area contributed by atoms with E-state index in [1.54, 1.807) is 12.1 Å². The molecule has 0 bridgehead atoms. The highest BCUT2D eigenvalue weighted by molar-refractivity contribution is 6.31. The number of benzene rings is 1. The van der Waals surface area contributed by atoms with Gasteiger partial charge in [0.05, 0.1) is 6.04 Å². The van der Waals surface area contributed by atoms with Crippen molar-refractivity contribution in [2.24, 2.45) is 5.73 Å². The molecule has 0 spiro atoms. The Morgan fingerprint density at radius 3 is 2.95 bits per heavy atom. The molecule has 0 saturated carbocycles. The zero-order valence-electron chi connectivity index (χ0n) is 10.6. The summed E-state index contributed by atoms with van der Waals surface area (Å²) in [6.45, 7) is 2.02. The highest BCUT2D eigenvalue weighted by Gasteiger charge is 2.16. The average Bonchev–Trinajstić information content (AvgIpc) is 2.83.